The van der Waals surface area contributed by atoms with Crippen LogP contribution in [-0.4, -0.2) is 6.67 Å². The number of aryl methyl sites for hydroxylation is 1. The molecule has 1 aromatic rings. The first kappa shape index (κ1) is 21.4. The highest BCUT2D eigenvalue weighted by molar-refractivity contribution is 5.19. The highest BCUT2D eigenvalue weighted by atomic mass is 19.2. The van der Waals surface area contributed by atoms with Gasteiger partial charge in [0.1, 0.15) is 0 Å². The Hall–Kier alpha value is -1.32. The van der Waals surface area contributed by atoms with E-state index in [0.717, 1.165) is 30.4 Å². The lowest BCUT2D eigenvalue weighted by atomic mass is 9.68. The van der Waals surface area contributed by atoms with Crippen LogP contribution in [-0.2, 0) is 6.42 Å². The van der Waals surface area contributed by atoms with Gasteiger partial charge in [-0.05, 0) is 99.2 Å². The van der Waals surface area contributed by atoms with Crippen LogP contribution in [0.4, 0.5) is 17.6 Å². The molecular weight excluding hydrogens is 364 g/mol. The molecule has 0 radical (unpaired) electrons. The van der Waals surface area contributed by atoms with Crippen molar-refractivity contribution in [2.24, 2.45) is 23.7 Å². The van der Waals surface area contributed by atoms with E-state index in [1.54, 1.807) is 0 Å². The van der Waals surface area contributed by atoms with Gasteiger partial charge < -0.3 is 0 Å². The molecule has 0 aliphatic heterocycles. The molecule has 156 valence electrons. The van der Waals surface area contributed by atoms with Crippen LogP contribution in [0.3, 0.4) is 0 Å². The fourth-order valence-corrected chi connectivity index (χ4v) is 5.23. The van der Waals surface area contributed by atoms with Crippen molar-refractivity contribution in [2.45, 2.75) is 70.6 Å². The topological polar surface area (TPSA) is 0 Å². The molecule has 3 rings (SSSR count). The van der Waals surface area contributed by atoms with E-state index in [0.29, 0.717) is 30.2 Å². The Morgan fingerprint density at radius 2 is 1.39 bits per heavy atom. The molecule has 0 saturated heterocycles. The van der Waals surface area contributed by atoms with Crippen LogP contribution in [0.5, 0.6) is 0 Å². The van der Waals surface area contributed by atoms with E-state index < -0.39 is 17.5 Å². The fraction of sp³-hybridized carbons (Fsp3) is 0.667. The minimum atomic E-state index is -1.38. The number of alkyl halides is 1. The fourth-order valence-electron chi connectivity index (χ4n) is 5.23. The quantitative estimate of drug-likeness (QED) is 0.253. The molecule has 4 heteroatoms. The largest absolute Gasteiger partial charge is 0.251 e. The maximum atomic E-state index is 13.3. The molecule has 28 heavy (non-hydrogen) atoms. The van der Waals surface area contributed by atoms with Crippen molar-refractivity contribution in [3.05, 3.63) is 47.3 Å². The second-order valence-electron chi connectivity index (χ2n) is 8.77. The zero-order chi connectivity index (χ0) is 19.9. The van der Waals surface area contributed by atoms with Gasteiger partial charge in [0, 0.05) is 0 Å². The molecule has 2 aliphatic carbocycles. The summed E-state index contributed by atoms with van der Waals surface area (Å²) in [7, 11) is 0. The Kier molecular flexibility index (Phi) is 7.99. The van der Waals surface area contributed by atoms with Crippen LogP contribution >= 0.6 is 0 Å². The van der Waals surface area contributed by atoms with Gasteiger partial charge in [0.2, 0.25) is 0 Å². The number of rotatable bonds is 7. The lowest BCUT2D eigenvalue weighted by Crippen LogP contribution is -2.25. The first-order valence-electron chi connectivity index (χ1n) is 10.9. The van der Waals surface area contributed by atoms with E-state index in [4.69, 9.17) is 0 Å². The predicted octanol–water partition coefficient (Wildman–Crippen LogP) is 7.57. The molecule has 2 fully saturated rings. The normalized spacial score (nSPS) is 28.7. The van der Waals surface area contributed by atoms with Crippen molar-refractivity contribution < 1.29 is 17.6 Å². The first-order chi connectivity index (χ1) is 13.6. The molecule has 2 aliphatic rings. The van der Waals surface area contributed by atoms with Crippen molar-refractivity contribution in [1.82, 2.24) is 0 Å². The Morgan fingerprint density at radius 3 is 1.96 bits per heavy atom. The second-order valence-corrected chi connectivity index (χ2v) is 8.77. The third kappa shape index (κ3) is 5.84. The number of allylic oxidation sites excluding steroid dienone is 2. The molecule has 0 nitrogen and oxygen atoms in total. The molecule has 0 spiro atoms. The standard InChI is InChI=1S/C24H32F4/c25-14-2-1-3-17-6-10-20(11-7-17)21-12-8-18(9-13-21)4-5-19-15-22(26)24(28)23(27)16-19/h1,3,15-18,20-21H,2,4-14H2/b3-1+. The summed E-state index contributed by atoms with van der Waals surface area (Å²) in [5, 5.41) is 0. The average Bonchev–Trinajstić information content (AvgIpc) is 2.71. The Bertz CT molecular complexity index is 615. The summed E-state index contributed by atoms with van der Waals surface area (Å²) >= 11 is 0. The van der Waals surface area contributed by atoms with Crippen LogP contribution < -0.4 is 0 Å². The number of benzene rings is 1. The summed E-state index contributed by atoms with van der Waals surface area (Å²) in [5.41, 5.74) is 0.553. The molecule has 2 saturated carbocycles. The predicted molar refractivity (Wildman–Crippen MR) is 105 cm³/mol. The average molecular weight is 397 g/mol. The lowest BCUT2D eigenvalue weighted by molar-refractivity contribution is 0.152. The first-order valence-corrected chi connectivity index (χ1v) is 10.9. The molecule has 0 unspecified atom stereocenters. The van der Waals surface area contributed by atoms with E-state index in [1.165, 1.54) is 51.4 Å². The van der Waals surface area contributed by atoms with E-state index >= 15 is 0 Å². The molecular formula is C24H32F4. The summed E-state index contributed by atoms with van der Waals surface area (Å²) in [6.45, 7) is -0.264. The Balaban J connectivity index is 1.38. The molecule has 0 atom stereocenters. The van der Waals surface area contributed by atoms with Crippen molar-refractivity contribution in [1.29, 1.82) is 0 Å². The smallest absolute Gasteiger partial charge is 0.194 e. The van der Waals surface area contributed by atoms with Crippen LogP contribution in [0.25, 0.3) is 0 Å². The monoisotopic (exact) mass is 396 g/mol. The van der Waals surface area contributed by atoms with Gasteiger partial charge in [-0.25, -0.2) is 13.2 Å². The summed E-state index contributed by atoms with van der Waals surface area (Å²) in [6.07, 6.45) is 16.2. The van der Waals surface area contributed by atoms with Crippen molar-refractivity contribution in [3.63, 3.8) is 0 Å². The zero-order valence-electron chi connectivity index (χ0n) is 16.6. The van der Waals surface area contributed by atoms with Gasteiger partial charge in [-0.1, -0.05) is 25.0 Å². The van der Waals surface area contributed by atoms with Crippen molar-refractivity contribution in [2.75, 3.05) is 6.67 Å². The summed E-state index contributed by atoms with van der Waals surface area (Å²) in [4.78, 5) is 0. The zero-order valence-corrected chi connectivity index (χ0v) is 16.6. The Labute approximate surface area is 166 Å². The maximum absolute atomic E-state index is 13.3. The van der Waals surface area contributed by atoms with Crippen LogP contribution in [0, 0.1) is 41.1 Å². The van der Waals surface area contributed by atoms with Crippen LogP contribution in [0.1, 0.15) is 69.8 Å². The SMILES string of the molecule is FCC/C=C/C1CCC(C2CCC(CCc3cc(F)c(F)c(F)c3)CC2)CC1. The minimum absolute atomic E-state index is 0.264. The van der Waals surface area contributed by atoms with Gasteiger partial charge in [0.05, 0.1) is 6.67 Å². The van der Waals surface area contributed by atoms with Gasteiger partial charge in [0.25, 0.3) is 0 Å². The second kappa shape index (κ2) is 10.5. The van der Waals surface area contributed by atoms with E-state index in [-0.39, 0.29) is 6.67 Å². The highest BCUT2D eigenvalue weighted by Gasteiger charge is 2.30. The number of halogens is 4. The van der Waals surface area contributed by atoms with Crippen LogP contribution in [0.2, 0.25) is 0 Å². The maximum Gasteiger partial charge on any atom is 0.194 e. The van der Waals surface area contributed by atoms with Crippen molar-refractivity contribution in [3.8, 4) is 0 Å². The summed E-state index contributed by atoms with van der Waals surface area (Å²) in [6, 6.07) is 2.26. The van der Waals surface area contributed by atoms with E-state index in [1.807, 2.05) is 6.08 Å². The van der Waals surface area contributed by atoms with Gasteiger partial charge >= 0.3 is 0 Å². The lowest BCUT2D eigenvalue weighted by Gasteiger charge is -2.37. The molecule has 0 N–H and O–H groups in total. The van der Waals surface area contributed by atoms with Crippen molar-refractivity contribution >= 4 is 0 Å². The van der Waals surface area contributed by atoms with Crippen LogP contribution in [0.15, 0.2) is 24.3 Å². The van der Waals surface area contributed by atoms with Gasteiger partial charge in [-0.15, -0.1) is 0 Å². The molecule has 1 aromatic carbocycles. The Morgan fingerprint density at radius 1 is 0.821 bits per heavy atom. The van der Waals surface area contributed by atoms with E-state index in [2.05, 4.69) is 6.08 Å². The molecule has 0 amide bonds. The number of hydrogen-bond donors (Lipinski definition) is 0. The number of hydrogen-bond acceptors (Lipinski definition) is 0. The minimum Gasteiger partial charge on any atom is -0.251 e. The highest BCUT2D eigenvalue weighted by Crippen LogP contribution is 2.42. The summed E-state index contributed by atoms with van der Waals surface area (Å²) in [5.74, 6) is -0.678. The summed E-state index contributed by atoms with van der Waals surface area (Å²) < 4.78 is 51.9. The third-order valence-electron chi connectivity index (χ3n) is 6.94. The van der Waals surface area contributed by atoms with E-state index in [9.17, 15) is 17.6 Å². The third-order valence-corrected chi connectivity index (χ3v) is 6.94. The molecule has 0 bridgehead atoms. The van der Waals surface area contributed by atoms with Gasteiger partial charge in [-0.3, -0.25) is 4.39 Å². The van der Waals surface area contributed by atoms with Gasteiger partial charge in [0.15, 0.2) is 17.5 Å². The molecule has 0 aromatic heterocycles. The molecule has 0 heterocycles. The van der Waals surface area contributed by atoms with Gasteiger partial charge in [-0.2, -0.15) is 0 Å².